The van der Waals surface area contributed by atoms with Crippen molar-refractivity contribution in [1.29, 1.82) is 0 Å². The summed E-state index contributed by atoms with van der Waals surface area (Å²) in [5.41, 5.74) is 4.33. The first-order chi connectivity index (χ1) is 11.4. The fourth-order valence-electron chi connectivity index (χ4n) is 2.94. The Morgan fingerprint density at radius 3 is 1.89 bits per heavy atom. The molecule has 0 N–H and O–H groups in total. The molecule has 4 heteroatoms. The number of hydrogen-bond donors (Lipinski definition) is 0. The topological polar surface area (TPSA) is 0 Å². The molecule has 0 fully saturated rings. The molecule has 0 saturated heterocycles. The van der Waals surface area contributed by atoms with Crippen LogP contribution in [0, 0.1) is 6.92 Å². The Kier molecular flexibility index (Phi) is 14.8. The van der Waals surface area contributed by atoms with E-state index in [1.807, 2.05) is 6.07 Å². The van der Waals surface area contributed by atoms with E-state index in [1.165, 1.54) is 32.6 Å². The number of benzene rings is 2. The molecule has 0 heterocycles. The molecule has 27 heavy (non-hydrogen) atoms. The van der Waals surface area contributed by atoms with Gasteiger partial charge in [0.1, 0.15) is 0 Å². The van der Waals surface area contributed by atoms with E-state index in [9.17, 15) is 0 Å². The first-order valence-corrected chi connectivity index (χ1v) is 10.4. The predicted octanol–water partition coefficient (Wildman–Crippen LogP) is 0.184. The molecular weight excluding hydrogens is 466 g/mol. The second kappa shape index (κ2) is 13.8. The summed E-state index contributed by atoms with van der Waals surface area (Å²) in [7, 11) is 0.930. The Labute approximate surface area is 199 Å². The molecule has 3 radical (unpaired) electrons. The summed E-state index contributed by atoms with van der Waals surface area (Å²) in [5, 5.41) is 4.29. The Balaban J connectivity index is 0. The molecular formula is C23H29Cl2SiZr. The van der Waals surface area contributed by atoms with Crippen LogP contribution in [0.4, 0.5) is 0 Å². The van der Waals surface area contributed by atoms with Gasteiger partial charge in [0.2, 0.25) is 0 Å². The minimum absolute atomic E-state index is 0. The Morgan fingerprint density at radius 2 is 1.44 bits per heavy atom. The monoisotopic (exact) mass is 493 g/mol. The van der Waals surface area contributed by atoms with E-state index in [-0.39, 0.29) is 51.0 Å². The third-order valence-electron chi connectivity index (χ3n) is 4.37. The van der Waals surface area contributed by atoms with Gasteiger partial charge in [-0.2, -0.15) is 6.07 Å². The van der Waals surface area contributed by atoms with Crippen LogP contribution in [0.25, 0.3) is 10.8 Å². The van der Waals surface area contributed by atoms with Gasteiger partial charge in [-0.15, -0.1) is 28.5 Å². The van der Waals surface area contributed by atoms with Gasteiger partial charge < -0.3 is 24.8 Å². The Morgan fingerprint density at radius 1 is 0.852 bits per heavy atom. The third kappa shape index (κ3) is 8.32. The minimum Gasteiger partial charge on any atom is -1.00 e. The van der Waals surface area contributed by atoms with Crippen LogP contribution in [0.15, 0.2) is 54.6 Å². The zero-order valence-electron chi connectivity index (χ0n) is 17.1. The average Bonchev–Trinajstić information content (AvgIpc) is 2.95. The van der Waals surface area contributed by atoms with Gasteiger partial charge in [0.15, 0.2) is 0 Å². The van der Waals surface area contributed by atoms with Crippen LogP contribution in [0.2, 0.25) is 6.55 Å². The molecule has 0 saturated carbocycles. The quantitative estimate of drug-likeness (QED) is 0.360. The van der Waals surface area contributed by atoms with Crippen LogP contribution in [-0.4, -0.2) is 9.52 Å². The van der Waals surface area contributed by atoms with Crippen molar-refractivity contribution in [3.05, 3.63) is 71.3 Å². The first kappa shape index (κ1) is 28.9. The van der Waals surface area contributed by atoms with Crippen molar-refractivity contribution in [3.8, 4) is 0 Å². The summed E-state index contributed by atoms with van der Waals surface area (Å²) >= 11 is 0. The van der Waals surface area contributed by atoms with E-state index >= 15 is 0 Å². The Bertz CT molecular complexity index is 780. The summed E-state index contributed by atoms with van der Waals surface area (Å²) in [6, 6.07) is 19.8. The summed E-state index contributed by atoms with van der Waals surface area (Å²) in [6.45, 7) is 13.5. The van der Waals surface area contributed by atoms with Gasteiger partial charge in [0.25, 0.3) is 0 Å². The van der Waals surface area contributed by atoms with E-state index in [0.29, 0.717) is 11.8 Å². The molecule has 3 rings (SSSR count). The van der Waals surface area contributed by atoms with Gasteiger partial charge in [0, 0.05) is 0 Å². The van der Waals surface area contributed by atoms with Crippen molar-refractivity contribution in [2.45, 2.75) is 53.0 Å². The molecule has 0 aliphatic heterocycles. The molecule has 0 amide bonds. The zero-order valence-corrected chi connectivity index (χ0v) is 22.1. The smallest absolute Gasteiger partial charge is 1.00 e. The van der Waals surface area contributed by atoms with Crippen molar-refractivity contribution in [3.63, 3.8) is 0 Å². The number of halogens is 2. The first-order valence-electron chi connectivity index (χ1n) is 8.86. The van der Waals surface area contributed by atoms with Gasteiger partial charge >= 0.3 is 26.2 Å². The van der Waals surface area contributed by atoms with Crippen LogP contribution in [0.3, 0.4) is 0 Å². The van der Waals surface area contributed by atoms with Crippen LogP contribution >= 0.6 is 0 Å². The second-order valence-corrected chi connectivity index (χ2v) is 8.15. The maximum atomic E-state index is 2.39. The maximum absolute atomic E-state index is 2.39. The van der Waals surface area contributed by atoms with E-state index in [4.69, 9.17) is 0 Å². The molecule has 0 aliphatic carbocycles. The zero-order chi connectivity index (χ0) is 17.7. The molecule has 0 aliphatic rings. The van der Waals surface area contributed by atoms with Crippen molar-refractivity contribution < 1.29 is 51.0 Å². The summed E-state index contributed by atoms with van der Waals surface area (Å²) < 4.78 is 0. The van der Waals surface area contributed by atoms with Gasteiger partial charge in [-0.3, -0.25) is 0 Å². The standard InChI is InChI=1S/C16H21.C7H8Si.2ClH.Zr/c1-10(2)13-8-14-6-12(5)7-16(14)15(9-13)11(3)4;1-8-7-5-3-2-4-6-7;;;/h6-11H,1-5H3;2-6H,1H3;2*1H;/q-1;;;;+3/p-2. The number of fused-ring (bicyclic) bond motifs is 1. The molecule has 0 spiro atoms. The molecule has 3 aromatic rings. The van der Waals surface area contributed by atoms with Gasteiger partial charge in [0.05, 0.1) is 9.52 Å². The normalized spacial score (nSPS) is 9.78. The van der Waals surface area contributed by atoms with Crippen molar-refractivity contribution in [1.82, 2.24) is 0 Å². The molecule has 143 valence electrons. The van der Waals surface area contributed by atoms with Crippen molar-refractivity contribution in [2.75, 3.05) is 0 Å². The summed E-state index contributed by atoms with van der Waals surface area (Å²) in [6.07, 6.45) is 0. The molecule has 0 unspecified atom stereocenters. The van der Waals surface area contributed by atoms with E-state index < -0.39 is 0 Å². The molecule has 0 atom stereocenters. The van der Waals surface area contributed by atoms with E-state index in [1.54, 1.807) is 0 Å². The van der Waals surface area contributed by atoms with Crippen LogP contribution in [0.5, 0.6) is 0 Å². The summed E-state index contributed by atoms with van der Waals surface area (Å²) in [5.74, 6) is 1.21. The van der Waals surface area contributed by atoms with Gasteiger partial charge in [-0.05, 0) is 11.8 Å². The van der Waals surface area contributed by atoms with E-state index in [0.717, 1.165) is 9.52 Å². The van der Waals surface area contributed by atoms with Crippen LogP contribution in [-0.2, 0) is 26.2 Å². The predicted molar refractivity (Wildman–Crippen MR) is 110 cm³/mol. The Hall–Kier alpha value is -0.270. The molecule has 0 nitrogen and oxygen atoms in total. The van der Waals surface area contributed by atoms with E-state index in [2.05, 4.69) is 89.7 Å². The number of hydrogen-bond acceptors (Lipinski definition) is 0. The fourth-order valence-corrected chi connectivity index (χ4v) is 3.47. The average molecular weight is 496 g/mol. The van der Waals surface area contributed by atoms with Gasteiger partial charge in [-0.25, -0.2) is 0 Å². The molecule has 3 aromatic carbocycles. The summed E-state index contributed by atoms with van der Waals surface area (Å²) in [4.78, 5) is 0. The van der Waals surface area contributed by atoms with Crippen LogP contribution in [0.1, 0.15) is 56.2 Å². The minimum atomic E-state index is 0. The SMILES string of the molecule is C[Si]c1ccccc1.Cc1cc2c(C(C)C)cc(C(C)C)cc2[cH-]1.[Cl-].[Cl-].[Zr+3]. The fraction of sp³-hybridized carbons (Fsp3) is 0.348. The molecule has 0 aromatic heterocycles. The van der Waals surface area contributed by atoms with Crippen molar-refractivity contribution in [2.24, 2.45) is 0 Å². The maximum Gasteiger partial charge on any atom is 3.00 e. The second-order valence-electron chi connectivity index (χ2n) is 7.07. The number of aryl methyl sites for hydroxylation is 1. The molecule has 0 bridgehead atoms. The third-order valence-corrected chi connectivity index (χ3v) is 5.28. The van der Waals surface area contributed by atoms with Gasteiger partial charge in [-0.1, -0.05) is 93.9 Å². The largest absolute Gasteiger partial charge is 3.00 e. The van der Waals surface area contributed by atoms with Crippen molar-refractivity contribution >= 4 is 25.5 Å². The van der Waals surface area contributed by atoms with Crippen LogP contribution < -0.4 is 30.0 Å². The number of rotatable bonds is 3.